The average molecular weight is 348 g/mol. The normalized spacial score (nSPS) is 25.3. The van der Waals surface area contributed by atoms with Crippen LogP contribution in [0.3, 0.4) is 0 Å². The number of carbonyl (C=O) groups excluding carboxylic acids is 1. The van der Waals surface area contributed by atoms with E-state index in [2.05, 4.69) is 4.98 Å². The van der Waals surface area contributed by atoms with Gasteiger partial charge in [0.05, 0.1) is 12.2 Å². The van der Waals surface area contributed by atoms with Gasteiger partial charge in [-0.2, -0.15) is 0 Å². The van der Waals surface area contributed by atoms with Crippen LogP contribution in [0.1, 0.15) is 39.2 Å². The first-order chi connectivity index (χ1) is 11.9. The van der Waals surface area contributed by atoms with E-state index in [9.17, 15) is 4.79 Å². The van der Waals surface area contributed by atoms with E-state index in [1.807, 2.05) is 33.0 Å². The maximum Gasteiger partial charge on any atom is 0.410 e. The highest BCUT2D eigenvalue weighted by atomic mass is 16.6. The SMILES string of the molecule is CC(C)(C)OC(=O)N1CC[C@H]1COc1cncc(C[C@@H]2C[C@@H]2CO)c1. The molecule has 1 saturated heterocycles. The minimum Gasteiger partial charge on any atom is -0.490 e. The van der Waals surface area contributed by atoms with E-state index >= 15 is 0 Å². The molecule has 6 heteroatoms. The zero-order valence-corrected chi connectivity index (χ0v) is 15.3. The van der Waals surface area contributed by atoms with Crippen LogP contribution in [0.25, 0.3) is 0 Å². The van der Waals surface area contributed by atoms with Gasteiger partial charge < -0.3 is 19.5 Å². The molecule has 1 aromatic heterocycles. The van der Waals surface area contributed by atoms with Crippen molar-refractivity contribution in [3.8, 4) is 5.75 Å². The van der Waals surface area contributed by atoms with Gasteiger partial charge in [-0.15, -0.1) is 0 Å². The minimum absolute atomic E-state index is 0.0562. The summed E-state index contributed by atoms with van der Waals surface area (Å²) < 4.78 is 11.3. The monoisotopic (exact) mass is 348 g/mol. The van der Waals surface area contributed by atoms with E-state index in [4.69, 9.17) is 14.6 Å². The summed E-state index contributed by atoms with van der Waals surface area (Å²) in [6.45, 7) is 7.05. The fraction of sp³-hybridized carbons (Fsp3) is 0.684. The van der Waals surface area contributed by atoms with Crippen molar-refractivity contribution in [2.75, 3.05) is 19.8 Å². The Hall–Kier alpha value is -1.82. The molecule has 0 unspecified atom stereocenters. The Kier molecular flexibility index (Phi) is 5.18. The van der Waals surface area contributed by atoms with Crippen LogP contribution in [0.4, 0.5) is 4.79 Å². The molecule has 2 fully saturated rings. The Morgan fingerprint density at radius 3 is 2.76 bits per heavy atom. The third-order valence-corrected chi connectivity index (χ3v) is 4.79. The number of pyridine rings is 1. The van der Waals surface area contributed by atoms with Gasteiger partial charge in [0.25, 0.3) is 0 Å². The molecule has 3 atom stereocenters. The van der Waals surface area contributed by atoms with Crippen LogP contribution in [0.5, 0.6) is 5.75 Å². The number of amides is 1. The Bertz CT molecular complexity index is 614. The summed E-state index contributed by atoms with van der Waals surface area (Å²) >= 11 is 0. The first-order valence-electron chi connectivity index (χ1n) is 9.03. The molecule has 1 saturated carbocycles. The Morgan fingerprint density at radius 2 is 2.16 bits per heavy atom. The lowest BCUT2D eigenvalue weighted by molar-refractivity contribution is -0.0141. The van der Waals surface area contributed by atoms with Crippen molar-refractivity contribution in [3.63, 3.8) is 0 Å². The molecule has 1 N–H and O–H groups in total. The highest BCUT2D eigenvalue weighted by molar-refractivity contribution is 5.69. The molecule has 3 rings (SSSR count). The van der Waals surface area contributed by atoms with Crippen LogP contribution in [-0.4, -0.2) is 52.5 Å². The second-order valence-electron chi connectivity index (χ2n) is 8.10. The molecule has 25 heavy (non-hydrogen) atoms. The smallest absolute Gasteiger partial charge is 0.410 e. The van der Waals surface area contributed by atoms with E-state index in [0.29, 0.717) is 25.0 Å². The summed E-state index contributed by atoms with van der Waals surface area (Å²) in [6, 6.07) is 2.07. The molecule has 138 valence electrons. The van der Waals surface area contributed by atoms with Crippen LogP contribution < -0.4 is 4.74 Å². The molecule has 1 aliphatic carbocycles. The van der Waals surface area contributed by atoms with Crippen LogP contribution in [0.2, 0.25) is 0 Å². The summed E-state index contributed by atoms with van der Waals surface area (Å²) in [4.78, 5) is 18.1. The van der Waals surface area contributed by atoms with Gasteiger partial charge in [-0.1, -0.05) is 0 Å². The minimum atomic E-state index is -0.481. The summed E-state index contributed by atoms with van der Waals surface area (Å²) in [5.41, 5.74) is 0.655. The molecule has 0 aromatic carbocycles. The quantitative estimate of drug-likeness (QED) is 0.856. The molecule has 6 nitrogen and oxygen atoms in total. The fourth-order valence-corrected chi connectivity index (χ4v) is 3.11. The van der Waals surface area contributed by atoms with Crippen LogP contribution in [0, 0.1) is 11.8 Å². The van der Waals surface area contributed by atoms with Gasteiger partial charge in [-0.25, -0.2) is 4.79 Å². The van der Waals surface area contributed by atoms with Gasteiger partial charge in [0.1, 0.15) is 18.0 Å². The number of aromatic nitrogens is 1. The van der Waals surface area contributed by atoms with Gasteiger partial charge in [-0.3, -0.25) is 4.98 Å². The Morgan fingerprint density at radius 1 is 1.36 bits per heavy atom. The molecular weight excluding hydrogens is 320 g/mol. The number of aliphatic hydroxyl groups excluding tert-OH is 1. The van der Waals surface area contributed by atoms with Crippen molar-refractivity contribution in [2.24, 2.45) is 11.8 Å². The zero-order valence-electron chi connectivity index (χ0n) is 15.3. The number of aliphatic hydroxyl groups is 1. The van der Waals surface area contributed by atoms with Crippen LogP contribution in [-0.2, 0) is 11.2 Å². The second-order valence-corrected chi connectivity index (χ2v) is 8.10. The van der Waals surface area contributed by atoms with Crippen molar-refractivity contribution in [2.45, 2.75) is 51.7 Å². The predicted molar refractivity (Wildman–Crippen MR) is 93.5 cm³/mol. The third-order valence-electron chi connectivity index (χ3n) is 4.79. The molecule has 1 amide bonds. The standard InChI is InChI=1S/C19H28N2O4/c1-19(2,3)25-18(23)21-5-4-16(21)12-24-17-7-13(9-20-10-17)6-14-8-15(14)11-22/h7,9-10,14-16,22H,4-6,8,11-12H2,1-3H3/t14-,15-,16+/m1/s1. The van der Waals surface area contributed by atoms with Gasteiger partial charge in [0.15, 0.2) is 0 Å². The lowest BCUT2D eigenvalue weighted by Gasteiger charge is -2.40. The lowest BCUT2D eigenvalue weighted by atomic mass is 10.1. The molecule has 0 spiro atoms. The highest BCUT2D eigenvalue weighted by Gasteiger charge is 2.37. The van der Waals surface area contributed by atoms with Crippen LogP contribution >= 0.6 is 0 Å². The fourth-order valence-electron chi connectivity index (χ4n) is 3.11. The largest absolute Gasteiger partial charge is 0.490 e. The molecule has 1 aromatic rings. The van der Waals surface area contributed by atoms with Gasteiger partial charge >= 0.3 is 6.09 Å². The van der Waals surface area contributed by atoms with Crippen LogP contribution in [0.15, 0.2) is 18.5 Å². The molecule has 0 radical (unpaired) electrons. The number of rotatable bonds is 6. The molecular formula is C19H28N2O4. The molecule has 0 bridgehead atoms. The Labute approximate surface area is 149 Å². The summed E-state index contributed by atoms with van der Waals surface area (Å²) in [5, 5.41) is 9.15. The van der Waals surface area contributed by atoms with E-state index in [1.165, 1.54) is 0 Å². The third kappa shape index (κ3) is 4.84. The highest BCUT2D eigenvalue weighted by Crippen LogP contribution is 2.40. The first kappa shape index (κ1) is 18.0. The lowest BCUT2D eigenvalue weighted by Crippen LogP contribution is -2.55. The van der Waals surface area contributed by atoms with E-state index in [-0.39, 0.29) is 18.7 Å². The number of carbonyl (C=O) groups is 1. The summed E-state index contributed by atoms with van der Waals surface area (Å²) in [7, 11) is 0. The first-order valence-corrected chi connectivity index (χ1v) is 9.03. The van der Waals surface area contributed by atoms with Crippen molar-refractivity contribution >= 4 is 6.09 Å². The maximum atomic E-state index is 12.1. The van der Waals surface area contributed by atoms with Crippen molar-refractivity contribution in [1.82, 2.24) is 9.88 Å². The Balaban J connectivity index is 1.48. The molecule has 1 aliphatic heterocycles. The number of hydrogen-bond donors (Lipinski definition) is 1. The molecule has 2 heterocycles. The van der Waals surface area contributed by atoms with Crippen molar-refractivity contribution < 1.29 is 19.4 Å². The number of nitrogens with zero attached hydrogens (tertiary/aromatic N) is 2. The summed E-state index contributed by atoms with van der Waals surface area (Å²) in [5.74, 6) is 1.74. The van der Waals surface area contributed by atoms with Gasteiger partial charge in [0, 0.05) is 19.3 Å². The molecule has 2 aliphatic rings. The van der Waals surface area contributed by atoms with Gasteiger partial charge in [0.2, 0.25) is 0 Å². The number of ether oxygens (including phenoxy) is 2. The van der Waals surface area contributed by atoms with E-state index in [0.717, 1.165) is 30.6 Å². The topological polar surface area (TPSA) is 71.9 Å². The van der Waals surface area contributed by atoms with E-state index < -0.39 is 5.60 Å². The summed E-state index contributed by atoms with van der Waals surface area (Å²) in [6.07, 6.45) is 6.24. The zero-order chi connectivity index (χ0) is 18.0. The van der Waals surface area contributed by atoms with Gasteiger partial charge in [-0.05, 0) is 63.5 Å². The average Bonchev–Trinajstić information content (AvgIpc) is 3.23. The number of hydrogen-bond acceptors (Lipinski definition) is 5. The number of likely N-dealkylation sites (tertiary alicyclic amines) is 1. The van der Waals surface area contributed by atoms with Crippen molar-refractivity contribution in [1.29, 1.82) is 0 Å². The van der Waals surface area contributed by atoms with E-state index in [1.54, 1.807) is 11.1 Å². The van der Waals surface area contributed by atoms with Crippen molar-refractivity contribution in [3.05, 3.63) is 24.0 Å². The predicted octanol–water partition coefficient (Wildman–Crippen LogP) is 2.64. The second kappa shape index (κ2) is 7.20. The maximum absolute atomic E-state index is 12.1.